The average Bonchev–Trinajstić information content (AvgIpc) is 2.70. The monoisotopic (exact) mass is 289 g/mol. The molecule has 0 radical (unpaired) electrons. The van der Waals surface area contributed by atoms with Gasteiger partial charge >= 0.3 is 6.18 Å². The van der Waals surface area contributed by atoms with Gasteiger partial charge < -0.3 is 0 Å². The molecule has 2 rings (SSSR count). The minimum atomic E-state index is -4.19. The molecule has 0 saturated heterocycles. The largest absolute Gasteiger partial charge is 0.412 e. The Hall–Kier alpha value is -0.710. The van der Waals surface area contributed by atoms with Crippen LogP contribution in [0.3, 0.4) is 0 Å². The molecule has 2 aliphatic rings. The van der Waals surface area contributed by atoms with Crippen LogP contribution in [0.1, 0.15) is 33.6 Å². The van der Waals surface area contributed by atoms with Crippen LogP contribution < -0.4 is 0 Å². The highest BCUT2D eigenvalue weighted by Gasteiger charge is 2.35. The molecule has 1 nitrogen and oxygen atoms in total. The molecule has 19 heavy (non-hydrogen) atoms. The van der Waals surface area contributed by atoms with Gasteiger partial charge in [0.15, 0.2) is 0 Å². The molecular formula is C14H18F3NS. The van der Waals surface area contributed by atoms with Crippen LogP contribution in [0.15, 0.2) is 28.3 Å². The molecule has 1 aliphatic heterocycles. The van der Waals surface area contributed by atoms with E-state index in [0.29, 0.717) is 17.6 Å². The number of aliphatic imine (C=N–C) groups is 1. The summed E-state index contributed by atoms with van der Waals surface area (Å²) in [5, 5.41) is 1.37. The molecule has 0 aromatic heterocycles. The third-order valence-corrected chi connectivity index (χ3v) is 5.29. The summed E-state index contributed by atoms with van der Waals surface area (Å²) in [4.78, 5) is 4.60. The Morgan fingerprint density at radius 3 is 2.37 bits per heavy atom. The van der Waals surface area contributed by atoms with Gasteiger partial charge in [0.1, 0.15) is 0 Å². The second kappa shape index (κ2) is 5.35. The van der Waals surface area contributed by atoms with Crippen molar-refractivity contribution in [3.63, 3.8) is 0 Å². The zero-order valence-electron chi connectivity index (χ0n) is 11.3. The van der Waals surface area contributed by atoms with Crippen LogP contribution in [0, 0.1) is 5.92 Å². The van der Waals surface area contributed by atoms with Crippen LogP contribution in [-0.4, -0.2) is 22.5 Å². The highest BCUT2D eigenvalue weighted by molar-refractivity contribution is 8.15. The number of rotatable bonds is 2. The molecule has 0 bridgehead atoms. The SMILES string of the molecule is CC(C)C1SC(C2=CC=C(C(F)(F)F)CC2)=NC1C. The van der Waals surface area contributed by atoms with E-state index in [1.165, 1.54) is 6.08 Å². The van der Waals surface area contributed by atoms with Gasteiger partial charge in [-0.15, -0.1) is 11.8 Å². The first-order valence-electron chi connectivity index (χ1n) is 6.51. The number of thioether (sulfide) groups is 1. The maximum absolute atomic E-state index is 12.5. The van der Waals surface area contributed by atoms with Crippen molar-refractivity contribution in [2.75, 3.05) is 0 Å². The van der Waals surface area contributed by atoms with E-state index in [4.69, 9.17) is 0 Å². The standard InChI is InChI=1S/C14H18F3NS/c1-8(2)12-9(3)18-13(19-12)10-4-6-11(7-5-10)14(15,16)17/h4,6,8-9,12H,5,7H2,1-3H3. The highest BCUT2D eigenvalue weighted by Crippen LogP contribution is 2.39. The first-order valence-corrected chi connectivity index (χ1v) is 7.38. The number of hydrogen-bond acceptors (Lipinski definition) is 2. The normalized spacial score (nSPS) is 28.3. The average molecular weight is 289 g/mol. The van der Waals surface area contributed by atoms with Gasteiger partial charge in [0, 0.05) is 10.8 Å². The van der Waals surface area contributed by atoms with Gasteiger partial charge in [-0.3, -0.25) is 4.99 Å². The summed E-state index contributed by atoms with van der Waals surface area (Å²) >= 11 is 1.71. The van der Waals surface area contributed by atoms with Gasteiger partial charge in [-0.25, -0.2) is 0 Å². The Balaban J connectivity index is 2.12. The van der Waals surface area contributed by atoms with Crippen LogP contribution in [0.25, 0.3) is 0 Å². The summed E-state index contributed by atoms with van der Waals surface area (Å²) in [5.74, 6) is 0.520. The van der Waals surface area contributed by atoms with Gasteiger partial charge in [-0.2, -0.15) is 13.2 Å². The van der Waals surface area contributed by atoms with Crippen molar-refractivity contribution in [2.24, 2.45) is 10.9 Å². The summed E-state index contributed by atoms with van der Waals surface area (Å²) in [7, 11) is 0. The number of halogens is 3. The predicted molar refractivity (Wildman–Crippen MR) is 74.6 cm³/mol. The molecule has 5 heteroatoms. The molecule has 0 aromatic rings. The molecule has 1 aliphatic carbocycles. The molecule has 2 atom stereocenters. The summed E-state index contributed by atoms with van der Waals surface area (Å²) in [5.41, 5.74) is 0.515. The fourth-order valence-corrected chi connectivity index (χ4v) is 3.76. The minimum Gasteiger partial charge on any atom is -0.274 e. The van der Waals surface area contributed by atoms with Crippen LogP contribution in [0.4, 0.5) is 13.2 Å². The lowest BCUT2D eigenvalue weighted by Gasteiger charge is -2.18. The van der Waals surface area contributed by atoms with Crippen molar-refractivity contribution in [2.45, 2.75) is 51.1 Å². The number of hydrogen-bond donors (Lipinski definition) is 0. The lowest BCUT2D eigenvalue weighted by atomic mass is 9.98. The van der Waals surface area contributed by atoms with E-state index in [1.807, 2.05) is 0 Å². The van der Waals surface area contributed by atoms with Crippen molar-refractivity contribution in [3.8, 4) is 0 Å². The summed E-state index contributed by atoms with van der Waals surface area (Å²) < 4.78 is 37.6. The molecule has 0 amide bonds. The molecule has 1 heterocycles. The van der Waals surface area contributed by atoms with E-state index in [9.17, 15) is 13.2 Å². The van der Waals surface area contributed by atoms with Crippen molar-refractivity contribution in [3.05, 3.63) is 23.3 Å². The maximum Gasteiger partial charge on any atom is 0.412 e. The van der Waals surface area contributed by atoms with Gasteiger partial charge in [0.05, 0.1) is 11.1 Å². The third kappa shape index (κ3) is 3.25. The number of alkyl halides is 3. The van der Waals surface area contributed by atoms with Crippen LogP contribution in [0.5, 0.6) is 0 Å². The highest BCUT2D eigenvalue weighted by atomic mass is 32.2. The van der Waals surface area contributed by atoms with E-state index in [1.54, 1.807) is 17.8 Å². The predicted octanol–water partition coefficient (Wildman–Crippen LogP) is 4.75. The second-order valence-electron chi connectivity index (χ2n) is 5.38. The quantitative estimate of drug-likeness (QED) is 0.714. The molecule has 0 spiro atoms. The molecule has 0 saturated carbocycles. The Morgan fingerprint density at radius 1 is 1.26 bits per heavy atom. The fraction of sp³-hybridized carbons (Fsp3) is 0.643. The van der Waals surface area contributed by atoms with Crippen LogP contribution in [-0.2, 0) is 0 Å². The van der Waals surface area contributed by atoms with E-state index in [-0.39, 0.29) is 12.5 Å². The fourth-order valence-electron chi connectivity index (χ4n) is 2.42. The van der Waals surface area contributed by atoms with Crippen molar-refractivity contribution in [1.82, 2.24) is 0 Å². The molecular weight excluding hydrogens is 271 g/mol. The van der Waals surface area contributed by atoms with Crippen molar-refractivity contribution in [1.29, 1.82) is 0 Å². The van der Waals surface area contributed by atoms with E-state index < -0.39 is 11.7 Å². The summed E-state index contributed by atoms with van der Waals surface area (Å²) in [6.07, 6.45) is -0.895. The van der Waals surface area contributed by atoms with Crippen molar-refractivity contribution < 1.29 is 13.2 Å². The van der Waals surface area contributed by atoms with E-state index in [0.717, 1.165) is 10.6 Å². The molecule has 2 unspecified atom stereocenters. The smallest absolute Gasteiger partial charge is 0.274 e. The zero-order chi connectivity index (χ0) is 14.2. The van der Waals surface area contributed by atoms with Crippen LogP contribution in [0.2, 0.25) is 0 Å². The zero-order valence-corrected chi connectivity index (χ0v) is 12.1. The van der Waals surface area contributed by atoms with E-state index >= 15 is 0 Å². The first-order chi connectivity index (χ1) is 8.79. The summed E-state index contributed by atoms with van der Waals surface area (Å²) in [6.45, 7) is 6.39. The topological polar surface area (TPSA) is 12.4 Å². The Labute approximate surface area is 116 Å². The first kappa shape index (κ1) is 14.7. The second-order valence-corrected chi connectivity index (χ2v) is 6.55. The van der Waals surface area contributed by atoms with Gasteiger partial charge in [-0.1, -0.05) is 26.0 Å². The lowest BCUT2D eigenvalue weighted by molar-refractivity contribution is -0.0940. The maximum atomic E-state index is 12.5. The molecule has 106 valence electrons. The Morgan fingerprint density at radius 2 is 1.95 bits per heavy atom. The molecule has 0 fully saturated rings. The lowest BCUT2D eigenvalue weighted by Crippen LogP contribution is -2.19. The third-order valence-electron chi connectivity index (χ3n) is 3.49. The van der Waals surface area contributed by atoms with E-state index in [2.05, 4.69) is 25.8 Å². The summed E-state index contributed by atoms with van der Waals surface area (Å²) in [6, 6.07) is 0.244. The Kier molecular flexibility index (Phi) is 4.14. The number of allylic oxidation sites excluding steroid dienone is 3. The molecule has 0 aromatic carbocycles. The number of nitrogens with zero attached hydrogens (tertiary/aromatic N) is 1. The Bertz CT molecular complexity index is 446. The minimum absolute atomic E-state index is 0.0651. The van der Waals surface area contributed by atoms with Gasteiger partial charge in [-0.05, 0) is 31.3 Å². The van der Waals surface area contributed by atoms with Gasteiger partial charge in [0.25, 0.3) is 0 Å². The molecule has 0 N–H and O–H groups in total. The van der Waals surface area contributed by atoms with Gasteiger partial charge in [0.2, 0.25) is 0 Å². The van der Waals surface area contributed by atoms with Crippen molar-refractivity contribution >= 4 is 16.8 Å². The van der Waals surface area contributed by atoms with Crippen LogP contribution >= 0.6 is 11.8 Å².